The van der Waals surface area contributed by atoms with Crippen molar-refractivity contribution in [2.24, 2.45) is 0 Å². The fourth-order valence-corrected chi connectivity index (χ4v) is 4.10. The van der Waals surface area contributed by atoms with E-state index in [9.17, 15) is 9.18 Å². The number of benzene rings is 3. The number of hydrogen-bond donors (Lipinski definition) is 0. The van der Waals surface area contributed by atoms with Crippen LogP contribution in [0.3, 0.4) is 0 Å². The van der Waals surface area contributed by atoms with Crippen molar-refractivity contribution < 1.29 is 23.4 Å². The van der Waals surface area contributed by atoms with Gasteiger partial charge >= 0.3 is 0 Å². The Balaban J connectivity index is 1.89. The van der Waals surface area contributed by atoms with E-state index < -0.39 is 6.04 Å². The Kier molecular flexibility index (Phi) is 6.30. The maximum Gasteiger partial charge on any atom is 0.232 e. The Morgan fingerprint density at radius 3 is 2.16 bits per heavy atom. The molecule has 0 N–H and O–H groups in total. The van der Waals surface area contributed by atoms with Crippen molar-refractivity contribution in [1.82, 2.24) is 0 Å². The average molecular weight is 435 g/mol. The summed E-state index contributed by atoms with van der Waals surface area (Å²) in [5, 5.41) is 0. The lowest BCUT2D eigenvalue weighted by atomic mass is 9.86. The van der Waals surface area contributed by atoms with Crippen LogP contribution in [-0.2, 0) is 11.2 Å². The summed E-state index contributed by atoms with van der Waals surface area (Å²) >= 11 is 0. The molecule has 0 fully saturated rings. The molecule has 1 heterocycles. The van der Waals surface area contributed by atoms with Crippen molar-refractivity contribution in [3.05, 3.63) is 83.2 Å². The normalized spacial score (nSPS) is 15.3. The smallest absolute Gasteiger partial charge is 0.232 e. The number of ether oxygens (including phenoxy) is 3. The van der Waals surface area contributed by atoms with Gasteiger partial charge in [0.2, 0.25) is 5.91 Å². The zero-order valence-electron chi connectivity index (χ0n) is 18.4. The van der Waals surface area contributed by atoms with Gasteiger partial charge in [0.05, 0.1) is 32.8 Å². The van der Waals surface area contributed by atoms with E-state index in [1.165, 1.54) is 12.1 Å². The van der Waals surface area contributed by atoms with Gasteiger partial charge in [-0.05, 0) is 79.1 Å². The number of hydrogen-bond acceptors (Lipinski definition) is 4. The van der Waals surface area contributed by atoms with E-state index in [1.807, 2.05) is 50.2 Å². The molecule has 0 spiro atoms. The molecule has 0 bridgehead atoms. The molecule has 166 valence electrons. The Morgan fingerprint density at radius 2 is 1.56 bits per heavy atom. The van der Waals surface area contributed by atoms with E-state index in [0.29, 0.717) is 30.5 Å². The van der Waals surface area contributed by atoms with Crippen LogP contribution in [0, 0.1) is 5.82 Å². The molecule has 1 aliphatic heterocycles. The molecule has 5 nitrogen and oxygen atoms in total. The van der Waals surface area contributed by atoms with Crippen LogP contribution in [0.25, 0.3) is 0 Å². The molecule has 6 heteroatoms. The Morgan fingerprint density at radius 1 is 0.938 bits per heavy atom. The first-order chi connectivity index (χ1) is 15.5. The summed E-state index contributed by atoms with van der Waals surface area (Å²) in [5.41, 5.74) is 3.35. The maximum absolute atomic E-state index is 13.7. The van der Waals surface area contributed by atoms with Crippen molar-refractivity contribution in [2.45, 2.75) is 26.3 Å². The predicted octanol–water partition coefficient (Wildman–Crippen LogP) is 5.31. The van der Waals surface area contributed by atoms with E-state index in [4.69, 9.17) is 14.2 Å². The molecule has 0 aliphatic carbocycles. The van der Waals surface area contributed by atoms with Crippen LogP contribution in [0.15, 0.2) is 60.7 Å². The number of carbonyl (C=O) groups is 1. The highest BCUT2D eigenvalue weighted by atomic mass is 19.1. The third kappa shape index (κ3) is 4.13. The van der Waals surface area contributed by atoms with Gasteiger partial charge in [-0.25, -0.2) is 4.39 Å². The third-order valence-corrected chi connectivity index (χ3v) is 5.50. The number of carbonyl (C=O) groups excluding carboxylic acids is 1. The van der Waals surface area contributed by atoms with Crippen LogP contribution in [0.1, 0.15) is 36.6 Å². The molecule has 0 aromatic heterocycles. The average Bonchev–Trinajstić information content (AvgIpc) is 2.80. The van der Waals surface area contributed by atoms with Crippen LogP contribution in [0.4, 0.5) is 10.1 Å². The van der Waals surface area contributed by atoms with Crippen molar-refractivity contribution in [2.75, 3.05) is 25.2 Å². The summed E-state index contributed by atoms with van der Waals surface area (Å²) in [4.78, 5) is 15.1. The van der Waals surface area contributed by atoms with E-state index in [2.05, 4.69) is 0 Å². The summed E-state index contributed by atoms with van der Waals surface area (Å²) < 4.78 is 30.6. The molecule has 0 saturated carbocycles. The number of halogens is 1. The monoisotopic (exact) mass is 435 g/mol. The SMILES string of the molecule is CCOc1cc2c(cc1OCC)C(c1ccc(F)cc1)N(c1ccc(OC)cc1)C(=O)C2. The van der Waals surface area contributed by atoms with Crippen molar-refractivity contribution >= 4 is 11.6 Å². The number of fused-ring (bicyclic) bond motifs is 1. The van der Waals surface area contributed by atoms with Crippen LogP contribution in [0.5, 0.6) is 17.2 Å². The zero-order chi connectivity index (χ0) is 22.7. The zero-order valence-corrected chi connectivity index (χ0v) is 18.4. The molecular weight excluding hydrogens is 409 g/mol. The minimum absolute atomic E-state index is 0.0522. The number of nitrogens with zero attached hydrogens (tertiary/aromatic N) is 1. The summed E-state index contributed by atoms with van der Waals surface area (Å²) in [6.07, 6.45) is 0.228. The van der Waals surface area contributed by atoms with Crippen LogP contribution in [0.2, 0.25) is 0 Å². The number of rotatable bonds is 7. The molecule has 1 amide bonds. The fourth-order valence-electron chi connectivity index (χ4n) is 4.10. The van der Waals surface area contributed by atoms with Crippen LogP contribution in [-0.4, -0.2) is 26.2 Å². The van der Waals surface area contributed by atoms with Gasteiger partial charge < -0.3 is 19.1 Å². The Hall–Kier alpha value is -3.54. The largest absolute Gasteiger partial charge is 0.497 e. The van der Waals surface area contributed by atoms with Gasteiger partial charge in [0.25, 0.3) is 0 Å². The Bertz CT molecular complexity index is 1100. The number of methoxy groups -OCH3 is 1. The van der Waals surface area contributed by atoms with Crippen molar-refractivity contribution in [1.29, 1.82) is 0 Å². The first-order valence-electron chi connectivity index (χ1n) is 10.7. The Labute approximate surface area is 187 Å². The molecule has 1 unspecified atom stereocenters. The highest BCUT2D eigenvalue weighted by Gasteiger charge is 2.36. The van der Waals surface area contributed by atoms with E-state index >= 15 is 0 Å². The van der Waals surface area contributed by atoms with Crippen molar-refractivity contribution in [3.63, 3.8) is 0 Å². The fraction of sp³-hybridized carbons (Fsp3) is 0.269. The predicted molar refractivity (Wildman–Crippen MR) is 121 cm³/mol. The highest BCUT2D eigenvalue weighted by molar-refractivity contribution is 5.98. The van der Waals surface area contributed by atoms with E-state index in [-0.39, 0.29) is 18.1 Å². The third-order valence-electron chi connectivity index (χ3n) is 5.50. The molecule has 4 rings (SSSR count). The summed E-state index contributed by atoms with van der Waals surface area (Å²) in [6.45, 7) is 4.81. The molecule has 1 atom stereocenters. The standard InChI is InChI=1S/C26H26FNO4/c1-4-31-23-14-18-15-25(29)28(20-10-12-21(30-3)13-11-20)26(17-6-8-19(27)9-7-17)22(18)16-24(23)32-5-2/h6-14,16,26H,4-5,15H2,1-3H3. The number of amides is 1. The highest BCUT2D eigenvalue weighted by Crippen LogP contribution is 2.43. The first-order valence-corrected chi connectivity index (χ1v) is 10.7. The lowest BCUT2D eigenvalue weighted by Gasteiger charge is -2.38. The second-order valence-electron chi connectivity index (χ2n) is 7.46. The van der Waals surface area contributed by atoms with E-state index in [1.54, 1.807) is 24.1 Å². The maximum atomic E-state index is 13.7. The molecule has 0 radical (unpaired) electrons. The van der Waals surface area contributed by atoms with Gasteiger partial charge in [0.1, 0.15) is 11.6 Å². The molecule has 1 aliphatic rings. The molecule has 32 heavy (non-hydrogen) atoms. The summed E-state index contributed by atoms with van der Waals surface area (Å²) in [5.74, 6) is 1.58. The topological polar surface area (TPSA) is 48.0 Å². The summed E-state index contributed by atoms with van der Waals surface area (Å²) in [7, 11) is 1.60. The van der Waals surface area contributed by atoms with Gasteiger partial charge in [0.15, 0.2) is 11.5 Å². The minimum Gasteiger partial charge on any atom is -0.497 e. The van der Waals surface area contributed by atoms with Crippen LogP contribution >= 0.6 is 0 Å². The summed E-state index contributed by atoms with van der Waals surface area (Å²) in [6, 6.07) is 17.0. The first kappa shape index (κ1) is 21.7. The van der Waals surface area contributed by atoms with Gasteiger partial charge in [-0.2, -0.15) is 0 Å². The molecule has 3 aromatic carbocycles. The van der Waals surface area contributed by atoms with Gasteiger partial charge in [-0.3, -0.25) is 4.79 Å². The number of anilines is 1. The van der Waals surface area contributed by atoms with Gasteiger partial charge in [-0.1, -0.05) is 12.1 Å². The molecular formula is C26H26FNO4. The molecule has 0 saturated heterocycles. The van der Waals surface area contributed by atoms with Gasteiger partial charge in [-0.15, -0.1) is 0 Å². The molecule has 3 aromatic rings. The second kappa shape index (κ2) is 9.30. The lowest BCUT2D eigenvalue weighted by Crippen LogP contribution is -2.41. The van der Waals surface area contributed by atoms with Gasteiger partial charge in [0, 0.05) is 5.69 Å². The quantitative estimate of drug-likeness (QED) is 0.505. The second-order valence-corrected chi connectivity index (χ2v) is 7.46. The van der Waals surface area contributed by atoms with Crippen molar-refractivity contribution in [3.8, 4) is 17.2 Å². The lowest BCUT2D eigenvalue weighted by molar-refractivity contribution is -0.118. The van der Waals surface area contributed by atoms with E-state index in [0.717, 1.165) is 22.4 Å². The minimum atomic E-state index is -0.435. The van der Waals surface area contributed by atoms with Crippen LogP contribution < -0.4 is 19.1 Å².